The number of aromatic nitrogens is 2. The average Bonchev–Trinajstić information content (AvgIpc) is 2.90. The van der Waals surface area contributed by atoms with Crippen molar-refractivity contribution in [2.75, 3.05) is 37.1 Å². The molecule has 38 heavy (non-hydrogen) atoms. The minimum Gasteiger partial charge on any atom is -0.362 e. The zero-order chi connectivity index (χ0) is 27.3. The van der Waals surface area contributed by atoms with E-state index in [9.17, 15) is 18.0 Å². The predicted octanol–water partition coefficient (Wildman–Crippen LogP) is 3.85. The molecule has 1 fully saturated rings. The second kappa shape index (κ2) is 11.9. The molecule has 10 heteroatoms. The van der Waals surface area contributed by atoms with Crippen molar-refractivity contribution in [2.24, 2.45) is 5.92 Å². The maximum Gasteiger partial charge on any atom is 0.225 e. The van der Waals surface area contributed by atoms with E-state index >= 15 is 0 Å². The van der Waals surface area contributed by atoms with E-state index in [2.05, 4.69) is 10.6 Å². The van der Waals surface area contributed by atoms with Crippen molar-refractivity contribution in [3.05, 3.63) is 54.1 Å². The van der Waals surface area contributed by atoms with Crippen LogP contribution in [-0.2, 0) is 14.6 Å². The molecule has 1 aliphatic carbocycles. The molecule has 0 radical (unpaired) electrons. The van der Waals surface area contributed by atoms with E-state index in [1.165, 1.54) is 24.3 Å². The summed E-state index contributed by atoms with van der Waals surface area (Å²) in [4.78, 5) is 36.3. The van der Waals surface area contributed by atoms with Crippen LogP contribution in [0.5, 0.6) is 0 Å². The highest BCUT2D eigenvalue weighted by atomic mass is 32.2. The molecule has 2 N–H and O–H groups in total. The van der Waals surface area contributed by atoms with Gasteiger partial charge in [-0.1, -0.05) is 24.3 Å². The minimum absolute atomic E-state index is 0.0847. The first-order valence-corrected chi connectivity index (χ1v) is 14.8. The molecule has 202 valence electrons. The molecule has 0 unspecified atom stereocenters. The van der Waals surface area contributed by atoms with E-state index in [1.807, 2.05) is 43.3 Å². The number of nitrogens with one attached hydrogen (secondary N) is 2. The standard InChI is InChI=1S/C28H35N5O4S/c1-33(2)27-23-6-4-5-7-24(23)31-28(32-27)30-21-12-8-19(9-13-21)18-29-26(35)17-16-25(34)20-10-14-22(15-11-20)38(3,36)37/h4-7,10-11,14-15,19,21H,8-9,12-13,16-18H2,1-3H3,(H,29,35)(H,30,31,32)/t19-,21+. The molecule has 1 saturated carbocycles. The second-order valence-corrected chi connectivity index (χ2v) is 12.2. The molecule has 0 atom stereocenters. The number of carbonyl (C=O) groups is 2. The third kappa shape index (κ3) is 7.06. The van der Waals surface area contributed by atoms with Gasteiger partial charge in [0.25, 0.3) is 0 Å². The molecular weight excluding hydrogens is 502 g/mol. The number of amides is 1. The van der Waals surface area contributed by atoms with Crippen LogP contribution in [0, 0.1) is 5.92 Å². The number of hydrogen-bond donors (Lipinski definition) is 2. The molecule has 9 nitrogen and oxygen atoms in total. The van der Waals surface area contributed by atoms with Crippen molar-refractivity contribution in [2.45, 2.75) is 49.5 Å². The highest BCUT2D eigenvalue weighted by molar-refractivity contribution is 7.90. The largest absolute Gasteiger partial charge is 0.362 e. The van der Waals surface area contributed by atoms with Gasteiger partial charge in [-0.3, -0.25) is 9.59 Å². The maximum atomic E-state index is 12.4. The van der Waals surface area contributed by atoms with Gasteiger partial charge < -0.3 is 15.5 Å². The maximum absolute atomic E-state index is 12.4. The van der Waals surface area contributed by atoms with Crippen LogP contribution in [-0.4, -0.2) is 63.0 Å². The fourth-order valence-corrected chi connectivity index (χ4v) is 5.40. The molecule has 3 aromatic rings. The van der Waals surface area contributed by atoms with Gasteiger partial charge >= 0.3 is 0 Å². The summed E-state index contributed by atoms with van der Waals surface area (Å²) in [7, 11) is 0.648. The molecule has 0 saturated heterocycles. The summed E-state index contributed by atoms with van der Waals surface area (Å²) in [5.41, 5.74) is 1.32. The molecule has 1 aliphatic rings. The highest BCUT2D eigenvalue weighted by Crippen LogP contribution is 2.28. The zero-order valence-corrected chi connectivity index (χ0v) is 22.9. The van der Waals surface area contributed by atoms with Crippen LogP contribution in [0.3, 0.4) is 0 Å². The lowest BCUT2D eigenvalue weighted by atomic mass is 9.86. The number of sulfone groups is 1. The van der Waals surface area contributed by atoms with E-state index in [4.69, 9.17) is 9.97 Å². The highest BCUT2D eigenvalue weighted by Gasteiger charge is 2.23. The van der Waals surface area contributed by atoms with Gasteiger partial charge in [0, 0.05) is 56.7 Å². The Morgan fingerprint density at radius 1 is 0.947 bits per heavy atom. The van der Waals surface area contributed by atoms with Crippen LogP contribution in [0.2, 0.25) is 0 Å². The van der Waals surface area contributed by atoms with Crippen LogP contribution < -0.4 is 15.5 Å². The van der Waals surface area contributed by atoms with Crippen LogP contribution in [0.4, 0.5) is 11.8 Å². The van der Waals surface area contributed by atoms with Crippen molar-refractivity contribution in [3.8, 4) is 0 Å². The topological polar surface area (TPSA) is 121 Å². The smallest absolute Gasteiger partial charge is 0.225 e. The summed E-state index contributed by atoms with van der Waals surface area (Å²) in [6, 6.07) is 14.1. The van der Waals surface area contributed by atoms with Gasteiger partial charge in [-0.25, -0.2) is 13.4 Å². The predicted molar refractivity (Wildman–Crippen MR) is 149 cm³/mol. The summed E-state index contributed by atoms with van der Waals surface area (Å²) in [6.07, 6.45) is 5.22. The third-order valence-corrected chi connectivity index (χ3v) is 8.09. The Balaban J connectivity index is 1.20. The summed E-state index contributed by atoms with van der Waals surface area (Å²) in [6.45, 7) is 0.597. The third-order valence-electron chi connectivity index (χ3n) is 6.96. The van der Waals surface area contributed by atoms with E-state index in [-0.39, 0.29) is 35.5 Å². The number of para-hydroxylation sites is 1. The van der Waals surface area contributed by atoms with Crippen molar-refractivity contribution < 1.29 is 18.0 Å². The monoisotopic (exact) mass is 537 g/mol. The zero-order valence-electron chi connectivity index (χ0n) is 22.1. The quantitative estimate of drug-likeness (QED) is 0.374. The molecule has 1 aromatic heterocycles. The van der Waals surface area contributed by atoms with E-state index < -0.39 is 9.84 Å². The Hall–Kier alpha value is -3.53. The lowest BCUT2D eigenvalue weighted by Crippen LogP contribution is -2.34. The van der Waals surface area contributed by atoms with Crippen LogP contribution in [0.25, 0.3) is 10.9 Å². The summed E-state index contributed by atoms with van der Waals surface area (Å²) in [5.74, 6) is 1.59. The summed E-state index contributed by atoms with van der Waals surface area (Å²) >= 11 is 0. The van der Waals surface area contributed by atoms with Gasteiger partial charge in [0.05, 0.1) is 10.4 Å². The molecule has 0 aliphatic heterocycles. The number of Topliss-reactive ketones (excluding diaryl/α,β-unsaturated/α-hetero) is 1. The van der Waals surface area contributed by atoms with Crippen molar-refractivity contribution in [1.29, 1.82) is 0 Å². The number of nitrogens with zero attached hydrogens (tertiary/aromatic N) is 3. The number of anilines is 2. The lowest BCUT2D eigenvalue weighted by molar-refractivity contribution is -0.121. The van der Waals surface area contributed by atoms with Gasteiger partial charge in [-0.2, -0.15) is 4.98 Å². The Bertz CT molecular complexity index is 1400. The Kier molecular flexibility index (Phi) is 8.61. The van der Waals surface area contributed by atoms with Crippen LogP contribution in [0.15, 0.2) is 53.4 Å². The molecule has 0 spiro atoms. The number of carbonyl (C=O) groups excluding carboxylic acids is 2. The van der Waals surface area contributed by atoms with E-state index in [0.717, 1.165) is 48.7 Å². The second-order valence-electron chi connectivity index (χ2n) is 10.2. The molecule has 4 rings (SSSR count). The molecular formula is C28H35N5O4S. The number of hydrogen-bond acceptors (Lipinski definition) is 8. The van der Waals surface area contributed by atoms with Gasteiger partial charge in [0.15, 0.2) is 15.6 Å². The molecule has 1 amide bonds. The first kappa shape index (κ1) is 27.5. The minimum atomic E-state index is -3.31. The van der Waals surface area contributed by atoms with Crippen LogP contribution in [0.1, 0.15) is 48.9 Å². The van der Waals surface area contributed by atoms with E-state index in [1.54, 1.807) is 0 Å². The van der Waals surface area contributed by atoms with Gasteiger partial charge in [0.2, 0.25) is 11.9 Å². The fraction of sp³-hybridized carbons (Fsp3) is 0.429. The van der Waals surface area contributed by atoms with Gasteiger partial charge in [0.1, 0.15) is 5.82 Å². The lowest BCUT2D eigenvalue weighted by Gasteiger charge is -2.29. The molecule has 0 bridgehead atoms. The normalized spacial score (nSPS) is 17.7. The number of rotatable bonds is 10. The van der Waals surface area contributed by atoms with Gasteiger partial charge in [-0.15, -0.1) is 0 Å². The summed E-state index contributed by atoms with van der Waals surface area (Å²) in [5, 5.41) is 7.50. The van der Waals surface area contributed by atoms with Crippen LogP contribution >= 0.6 is 0 Å². The van der Waals surface area contributed by atoms with E-state index in [0.29, 0.717) is 24.0 Å². The van der Waals surface area contributed by atoms with Gasteiger partial charge in [-0.05, 0) is 55.9 Å². The molecule has 2 aromatic carbocycles. The fourth-order valence-electron chi connectivity index (χ4n) is 4.76. The van der Waals surface area contributed by atoms with Crippen molar-refractivity contribution in [1.82, 2.24) is 15.3 Å². The van der Waals surface area contributed by atoms with Crippen molar-refractivity contribution >= 4 is 44.2 Å². The van der Waals surface area contributed by atoms with Crippen molar-refractivity contribution in [3.63, 3.8) is 0 Å². The SMILES string of the molecule is CN(C)c1nc(N[C@H]2CC[C@@H](CNC(=O)CCC(=O)c3ccc(S(C)(=O)=O)cc3)CC2)nc2ccccc12. The first-order valence-electron chi connectivity index (χ1n) is 12.9. The Morgan fingerprint density at radius 3 is 2.29 bits per heavy atom. The Labute approximate surface area is 224 Å². The Morgan fingerprint density at radius 2 is 1.63 bits per heavy atom. The average molecular weight is 538 g/mol. The number of ketones is 1. The molecule has 1 heterocycles. The number of benzene rings is 2. The number of fused-ring (bicyclic) bond motifs is 1. The first-order chi connectivity index (χ1) is 18.1. The summed E-state index contributed by atoms with van der Waals surface area (Å²) < 4.78 is 23.1.